The third kappa shape index (κ3) is 88.3. The number of hydrogen-bond donors (Lipinski definition) is 12. The lowest BCUT2D eigenvalue weighted by molar-refractivity contribution is -0.145. The molecule has 12 amide bonds. The minimum absolute atomic E-state index is 0.106. The monoisotopic (exact) mass is 2010 g/mol. The fraction of sp³-hybridized carbons (Fsp3) is 0.827. The summed E-state index contributed by atoms with van der Waals surface area (Å²) in [6.07, 6.45) is -7.69. The van der Waals surface area contributed by atoms with Gasteiger partial charge in [-0.2, -0.15) is 39.5 Å². The van der Waals surface area contributed by atoms with Crippen LogP contribution in [0, 0.1) is 11.3 Å². The smallest absolute Gasteiger partial charge is 0.407 e. The highest BCUT2D eigenvalue weighted by molar-refractivity contribution is 5.78. The van der Waals surface area contributed by atoms with Crippen molar-refractivity contribution < 1.29 is 233 Å². The van der Waals surface area contributed by atoms with Gasteiger partial charge in [0, 0.05) is 84.5 Å². The van der Waals surface area contributed by atoms with Gasteiger partial charge in [-0.15, -0.1) is 0 Å². The van der Waals surface area contributed by atoms with Crippen molar-refractivity contribution in [3.63, 3.8) is 0 Å². The number of aldehydes is 1. The average molecular weight is 2010 g/mol. The molecule has 0 radical (unpaired) electrons. The molecule has 0 heterocycles. The number of carbonyl (C=O) groups is 13. The molecule has 0 aromatic rings. The predicted octanol–water partition coefficient (Wildman–Crippen LogP) is 0.311. The zero-order valence-electron chi connectivity index (χ0n) is 75.9. The van der Waals surface area contributed by atoms with E-state index in [1.165, 1.54) is 0 Å². The zero-order chi connectivity index (χ0) is 100. The van der Waals surface area contributed by atoms with E-state index < -0.39 is 286 Å². The predicted molar refractivity (Wildman–Crippen MR) is 440 cm³/mol. The van der Waals surface area contributed by atoms with Crippen LogP contribution in [0.25, 0.3) is 0 Å². The first kappa shape index (κ1) is 128. The van der Waals surface area contributed by atoms with Crippen LogP contribution in [0.4, 0.5) is 74.6 Å². The molecule has 0 spiro atoms. The van der Waals surface area contributed by atoms with Crippen molar-refractivity contribution in [1.82, 2.24) is 63.8 Å². The van der Waals surface area contributed by atoms with E-state index >= 15 is 0 Å². The summed E-state index contributed by atoms with van der Waals surface area (Å²) >= 11 is 0. The van der Waals surface area contributed by atoms with Crippen LogP contribution < -0.4 is 63.8 Å². The van der Waals surface area contributed by atoms with Crippen molar-refractivity contribution in [2.45, 2.75) is 76.5 Å². The largest absolute Gasteiger partial charge is 0.447 e. The summed E-state index contributed by atoms with van der Waals surface area (Å²) in [5, 5.41) is 29.0. The number of nitrogens with one attached hydrogen (secondary N) is 12. The minimum Gasteiger partial charge on any atom is -0.447 e. The summed E-state index contributed by atoms with van der Waals surface area (Å²) in [5.74, 6) is -2.62. The van der Waals surface area contributed by atoms with Gasteiger partial charge in [-0.3, -0.25) is 19.2 Å². The summed E-state index contributed by atoms with van der Waals surface area (Å²) in [4.78, 5) is 194. The highest BCUT2D eigenvalue weighted by Crippen LogP contribution is 2.22. The fourth-order valence-corrected chi connectivity index (χ4v) is 9.35. The average Bonchev–Trinajstić information content (AvgIpc) is 0.862. The molecule has 0 aromatic carbocycles. The van der Waals surface area contributed by atoms with E-state index in [-0.39, 0.29) is 158 Å². The van der Waals surface area contributed by atoms with Crippen LogP contribution in [-0.4, -0.2) is 419 Å². The van der Waals surface area contributed by atoms with E-state index in [2.05, 4.69) is 117 Å². The maximum absolute atomic E-state index is 13.8. The molecule has 0 aromatic heterocycles. The van der Waals surface area contributed by atoms with Gasteiger partial charge in [0.25, 0.3) is 0 Å². The molecule has 0 rings (SSSR count). The van der Waals surface area contributed by atoms with Gasteiger partial charge in [-0.1, -0.05) is 13.8 Å². The van der Waals surface area contributed by atoms with Crippen molar-refractivity contribution in [2.75, 3.05) is 317 Å². The maximum Gasteiger partial charge on any atom is 0.407 e. The molecule has 53 nitrogen and oxygen atoms in total. The third-order valence-corrected chi connectivity index (χ3v) is 15.7. The lowest BCUT2D eigenvalue weighted by Gasteiger charge is -2.33. The second-order valence-corrected chi connectivity index (χ2v) is 27.5. The molecule has 136 heavy (non-hydrogen) atoms. The van der Waals surface area contributed by atoms with Crippen molar-refractivity contribution in [1.29, 1.82) is 0 Å². The fourth-order valence-electron chi connectivity index (χ4n) is 9.35. The first-order valence-corrected chi connectivity index (χ1v) is 42.6. The molecule has 0 saturated heterocycles. The first-order valence-electron chi connectivity index (χ1n) is 42.6. The number of hydrogen-bond acceptors (Lipinski definition) is 41. The summed E-state index contributed by atoms with van der Waals surface area (Å²) in [7, 11) is 0. The summed E-state index contributed by atoms with van der Waals surface area (Å²) in [6.45, 7) is -11.4. The first-order chi connectivity index (χ1) is 66.0. The van der Waals surface area contributed by atoms with Gasteiger partial charge in [0.05, 0.1) is 188 Å². The Morgan fingerprint density at radius 1 is 0.235 bits per heavy atom. The molecule has 61 heteroatoms. The van der Waals surface area contributed by atoms with E-state index in [4.69, 9.17) is 94.7 Å². The van der Waals surface area contributed by atoms with Crippen LogP contribution in [0.1, 0.15) is 52.4 Å². The second kappa shape index (κ2) is 95.7. The highest BCUT2D eigenvalue weighted by atomic mass is 19.3. The number of ether oxygens (including phenoxy) is 20. The topological polar surface area (TPSA) is 625 Å². The van der Waals surface area contributed by atoms with Gasteiger partial charge in [0.2, 0.25) is 23.6 Å². The van der Waals surface area contributed by atoms with Crippen LogP contribution in [-0.2, 0) is 158 Å². The number of amides is 12. The molecular weight excluding hydrogens is 1880 g/mol. The van der Waals surface area contributed by atoms with Gasteiger partial charge in [0.15, 0.2) is 0 Å². The SMILES string of the molecule is CC(C)CCC=O.O=C(CCOCC(COCCC(=O)NC(COC(=O)NCCOCCOF)COC(=O)NCCOCCOF)(COCCC(=O)NC(COC(=O)NCCOCCOF)COC(=O)NCCOCCOF)COCCC(=O)NC(COC(=O)NCCOCCOF)COC(=O)NCCOCCOF)NC(COC(=O)NCCOCCOF)COC(=O)NCCOCCOF. The van der Waals surface area contributed by atoms with E-state index in [0.29, 0.717) is 5.92 Å². The van der Waals surface area contributed by atoms with Crippen molar-refractivity contribution >= 4 is 78.7 Å². The van der Waals surface area contributed by atoms with Crippen LogP contribution in [0.2, 0.25) is 0 Å². The van der Waals surface area contributed by atoms with Crippen LogP contribution in [0.15, 0.2) is 0 Å². The third-order valence-electron chi connectivity index (χ3n) is 15.7. The Morgan fingerprint density at radius 3 is 0.529 bits per heavy atom. The lowest BCUT2D eigenvalue weighted by Crippen LogP contribution is -2.46. The van der Waals surface area contributed by atoms with Crippen LogP contribution >= 0.6 is 0 Å². The lowest BCUT2D eigenvalue weighted by atomic mass is 9.92. The molecule has 0 aliphatic carbocycles. The number of rotatable bonds is 91. The second-order valence-electron chi connectivity index (χ2n) is 27.5. The normalized spacial score (nSPS) is 11.1. The number of alkyl carbamates (subject to hydrolysis) is 8. The van der Waals surface area contributed by atoms with E-state index in [1.54, 1.807) is 0 Å². The summed E-state index contributed by atoms with van der Waals surface area (Å²) in [5.41, 5.74) is -1.67. The molecule has 0 unspecified atom stereocenters. The van der Waals surface area contributed by atoms with Gasteiger partial charge >= 0.3 is 48.7 Å². The number of halogens is 8. The molecule has 0 saturated carbocycles. The van der Waals surface area contributed by atoms with Gasteiger partial charge in [0.1, 0.15) is 112 Å². The van der Waals surface area contributed by atoms with Crippen molar-refractivity contribution in [3.8, 4) is 0 Å². The standard InChI is InChI=1S/C69H120F8N12O40.C6H12O/c70-122-33-25-102-17-5-78-61(94)114-41-53(42-115-62(95)79-6-18-103-26-34-123-71)86-57(90)1-13-110-49-69(50-111-14-2-58(91)87-54(43-116-63(96)80-7-19-104-27-35-124-72)44-117-64(97)81-8-20-105-28-36-125-73,51-112-15-3-59(92)88-55(45-118-65(98)82-9-21-106-29-37-126-74)46-119-66(99)83-10-22-107-30-38-127-75)52-113-16-4-60(93)89-56(47-120-67(100)84-11-23-108-31-39-128-76)48-121-68(101)85-12-24-109-32-40-129-77;1-6(2)4-3-5-7/h53-56H,1-52H2,(H,78,94)(H,79,95)(H,80,96)(H,81,97)(H,82,98)(H,83,99)(H,84,100)(H,85,101)(H,86,90)(H,87,91)(H,88,92)(H,89,93);5-6H,3-4H2,1-2H3. The Hall–Kier alpha value is -9.65. The minimum atomic E-state index is -1.67. The maximum atomic E-state index is 13.8. The van der Waals surface area contributed by atoms with Gasteiger partial charge in [-0.05, 0) is 48.5 Å². The van der Waals surface area contributed by atoms with Crippen LogP contribution in [0.5, 0.6) is 0 Å². The van der Waals surface area contributed by atoms with Crippen molar-refractivity contribution in [3.05, 3.63) is 0 Å². The quantitative estimate of drug-likeness (QED) is 0.0169. The Morgan fingerprint density at radius 2 is 0.397 bits per heavy atom. The molecule has 0 atom stereocenters. The van der Waals surface area contributed by atoms with Crippen molar-refractivity contribution in [2.24, 2.45) is 11.3 Å². The molecule has 0 aliphatic heterocycles. The summed E-state index contributed by atoms with van der Waals surface area (Å²) in [6, 6.07) is -5.10. The zero-order valence-corrected chi connectivity index (χ0v) is 75.9. The molecule has 0 fully saturated rings. The summed E-state index contributed by atoms with van der Waals surface area (Å²) < 4.78 is 204. The Balaban J connectivity index is 0. The van der Waals surface area contributed by atoms with E-state index in [9.17, 15) is 98.5 Å². The molecule has 794 valence electrons. The Kier molecular flexibility index (Phi) is 90.3. The Bertz CT molecular complexity index is 2540. The highest BCUT2D eigenvalue weighted by Gasteiger charge is 2.34. The van der Waals surface area contributed by atoms with E-state index in [0.717, 1.165) is 19.1 Å². The van der Waals surface area contributed by atoms with Gasteiger partial charge in [-0.25, -0.2) is 38.4 Å². The van der Waals surface area contributed by atoms with E-state index in [1.807, 2.05) is 0 Å². The van der Waals surface area contributed by atoms with Crippen LogP contribution in [0.3, 0.4) is 0 Å². The Labute approximate surface area is 777 Å². The van der Waals surface area contributed by atoms with Gasteiger partial charge < -0.3 is 163 Å². The molecular formula is C75H132F8N12O41. The molecule has 12 N–H and O–H groups in total. The number of carbonyl (C=O) groups excluding carboxylic acids is 13. The molecule has 0 aliphatic rings. The molecule has 0 bridgehead atoms.